The van der Waals surface area contributed by atoms with E-state index >= 15 is 0 Å². The van der Waals surface area contributed by atoms with E-state index in [2.05, 4.69) is 15.5 Å². The molecule has 4 heterocycles. The van der Waals surface area contributed by atoms with Crippen molar-refractivity contribution >= 4 is 16.7 Å². The number of hydrogen-bond acceptors (Lipinski definition) is 5. The lowest BCUT2D eigenvalue weighted by Crippen LogP contribution is -2.74. The Morgan fingerprint density at radius 1 is 1.24 bits per heavy atom. The van der Waals surface area contributed by atoms with E-state index in [4.69, 9.17) is 9.47 Å². The SMILES string of the molecule is COc1ccc2c3c1O[C@H]1c4c(c5cc(F)cc6c5n4CCC6=O)C[C@@]4(O)[C@@H](C2)N(CC2CC2)CC[C@]314. The number of hydrogen-bond donors (Lipinski definition) is 1. The first kappa shape index (κ1) is 21.1. The van der Waals surface area contributed by atoms with Gasteiger partial charge in [-0.1, -0.05) is 6.07 Å². The summed E-state index contributed by atoms with van der Waals surface area (Å²) in [4.78, 5) is 15.4. The van der Waals surface area contributed by atoms with Crippen LogP contribution in [0.1, 0.15) is 64.5 Å². The highest BCUT2D eigenvalue weighted by atomic mass is 19.1. The Morgan fingerprint density at radius 2 is 2.11 bits per heavy atom. The highest BCUT2D eigenvalue weighted by Crippen LogP contribution is 2.69. The van der Waals surface area contributed by atoms with Crippen LogP contribution in [0.15, 0.2) is 24.3 Å². The molecular weight excluding hydrogens is 471 g/mol. The van der Waals surface area contributed by atoms with E-state index in [0.29, 0.717) is 30.7 Å². The van der Waals surface area contributed by atoms with Gasteiger partial charge in [-0.15, -0.1) is 0 Å². The summed E-state index contributed by atoms with van der Waals surface area (Å²) in [7, 11) is 1.67. The number of Topliss-reactive ketones (excluding diaryl/α,β-unsaturated/α-hetero) is 1. The predicted molar refractivity (Wildman–Crippen MR) is 134 cm³/mol. The molecule has 37 heavy (non-hydrogen) atoms. The van der Waals surface area contributed by atoms with Gasteiger partial charge in [0.15, 0.2) is 23.4 Å². The van der Waals surface area contributed by atoms with Gasteiger partial charge in [0.2, 0.25) is 0 Å². The minimum atomic E-state index is -1.06. The second kappa shape index (κ2) is 6.56. The topological polar surface area (TPSA) is 63.9 Å². The number of fused-ring (bicyclic) bond motifs is 4. The lowest BCUT2D eigenvalue weighted by Gasteiger charge is -2.63. The number of rotatable bonds is 3. The number of aryl methyl sites for hydroxylation is 1. The van der Waals surface area contributed by atoms with Gasteiger partial charge in [0.05, 0.1) is 29.3 Å². The van der Waals surface area contributed by atoms with E-state index < -0.39 is 22.9 Å². The molecule has 2 aromatic carbocycles. The Bertz CT molecular complexity index is 1570. The summed E-state index contributed by atoms with van der Waals surface area (Å²) in [6, 6.07) is 7.07. The van der Waals surface area contributed by atoms with E-state index in [0.717, 1.165) is 65.3 Å². The average Bonchev–Trinajstić information content (AvgIpc) is 3.55. The van der Waals surface area contributed by atoms with Gasteiger partial charge in [-0.25, -0.2) is 4.39 Å². The molecule has 190 valence electrons. The summed E-state index contributed by atoms with van der Waals surface area (Å²) in [5, 5.41) is 13.8. The first-order chi connectivity index (χ1) is 17.9. The molecule has 2 bridgehead atoms. The predicted octanol–water partition coefficient (Wildman–Crippen LogP) is 4.07. The van der Waals surface area contributed by atoms with Crippen LogP contribution in [0.5, 0.6) is 11.5 Å². The number of halogens is 1. The zero-order chi connectivity index (χ0) is 24.8. The Morgan fingerprint density at radius 3 is 2.92 bits per heavy atom. The van der Waals surface area contributed by atoms with Crippen LogP contribution < -0.4 is 9.47 Å². The summed E-state index contributed by atoms with van der Waals surface area (Å²) < 4.78 is 29.8. The number of carbonyl (C=O) groups excluding carboxylic acids is 1. The van der Waals surface area contributed by atoms with Gasteiger partial charge in [-0.3, -0.25) is 9.69 Å². The van der Waals surface area contributed by atoms with Gasteiger partial charge >= 0.3 is 0 Å². The minimum Gasteiger partial charge on any atom is -0.493 e. The van der Waals surface area contributed by atoms with E-state index in [1.807, 2.05) is 6.07 Å². The fourth-order valence-electron chi connectivity index (χ4n) is 8.89. The number of aromatic nitrogens is 1. The summed E-state index contributed by atoms with van der Waals surface area (Å²) in [6.45, 7) is 2.50. The van der Waals surface area contributed by atoms with Crippen molar-refractivity contribution in [2.45, 2.75) is 68.2 Å². The molecule has 3 aliphatic heterocycles. The molecule has 3 aromatic rings. The lowest BCUT2D eigenvalue weighted by atomic mass is 9.49. The third kappa shape index (κ3) is 2.30. The molecule has 2 fully saturated rings. The largest absolute Gasteiger partial charge is 0.493 e. The highest BCUT2D eigenvalue weighted by molar-refractivity contribution is 6.09. The standard InChI is InChI=1S/C30H29FN2O4/c1-36-22-5-4-16-10-23-30(35)13-20-18-11-17(31)12-19-21(34)6-8-33(25(18)19)26(20)28-29(30,24(16)27(22)37-28)7-9-32(23)14-15-2-3-15/h4-5,11-12,15,23,28,35H,2-3,6-10,13-14H2,1H3/t23-,28+,29+,30-/m1/s1. The van der Waals surface area contributed by atoms with Crippen molar-refractivity contribution in [2.75, 3.05) is 20.2 Å². The summed E-state index contributed by atoms with van der Waals surface area (Å²) in [6.07, 6.45) is 4.47. The van der Waals surface area contributed by atoms with E-state index in [1.165, 1.54) is 24.5 Å². The number of ether oxygens (including phenoxy) is 2. The van der Waals surface area contributed by atoms with Gasteiger partial charge < -0.3 is 19.1 Å². The maximum absolute atomic E-state index is 14.9. The molecule has 1 spiro atoms. The molecule has 0 amide bonds. The first-order valence-electron chi connectivity index (χ1n) is 13.7. The van der Waals surface area contributed by atoms with Crippen molar-refractivity contribution in [3.63, 3.8) is 0 Å². The van der Waals surface area contributed by atoms with Gasteiger partial charge in [0.1, 0.15) is 5.82 Å². The molecule has 1 N–H and O–H groups in total. The van der Waals surface area contributed by atoms with Gasteiger partial charge in [0.25, 0.3) is 0 Å². The number of ketones is 1. The van der Waals surface area contributed by atoms with Crippen LogP contribution in [0.2, 0.25) is 0 Å². The van der Waals surface area contributed by atoms with Crippen LogP contribution in [-0.4, -0.2) is 52.2 Å². The number of aliphatic hydroxyl groups is 1. The van der Waals surface area contributed by atoms with Crippen molar-refractivity contribution in [2.24, 2.45) is 5.92 Å². The first-order valence-corrected chi connectivity index (χ1v) is 13.7. The summed E-state index contributed by atoms with van der Waals surface area (Å²) in [5.41, 5.74) is 3.91. The lowest BCUT2D eigenvalue weighted by molar-refractivity contribution is -0.173. The number of piperidine rings is 1. The Hall–Kier alpha value is -2.90. The van der Waals surface area contributed by atoms with Crippen LogP contribution in [0, 0.1) is 11.7 Å². The molecule has 7 heteroatoms. The van der Waals surface area contributed by atoms with Crippen LogP contribution in [-0.2, 0) is 24.8 Å². The normalized spacial score (nSPS) is 32.8. The number of carbonyl (C=O) groups is 1. The fourth-order valence-corrected chi connectivity index (χ4v) is 8.89. The third-order valence-corrected chi connectivity index (χ3v) is 10.5. The maximum Gasteiger partial charge on any atom is 0.166 e. The average molecular weight is 501 g/mol. The van der Waals surface area contributed by atoms with Crippen LogP contribution in [0.3, 0.4) is 0 Å². The second-order valence-electron chi connectivity index (χ2n) is 12.1. The summed E-state index contributed by atoms with van der Waals surface area (Å²) in [5.74, 6) is 1.75. The van der Waals surface area contributed by atoms with Crippen molar-refractivity contribution in [1.29, 1.82) is 0 Å². The van der Waals surface area contributed by atoms with Crippen molar-refractivity contribution < 1.29 is 23.8 Å². The Balaban J connectivity index is 1.37. The zero-order valence-corrected chi connectivity index (χ0v) is 20.8. The molecule has 4 atom stereocenters. The summed E-state index contributed by atoms with van der Waals surface area (Å²) >= 11 is 0. The molecule has 0 radical (unpaired) electrons. The highest BCUT2D eigenvalue weighted by Gasteiger charge is 2.73. The Kier molecular flexibility index (Phi) is 3.74. The van der Waals surface area contributed by atoms with E-state index in [-0.39, 0.29) is 11.8 Å². The van der Waals surface area contributed by atoms with E-state index in [1.54, 1.807) is 13.2 Å². The second-order valence-corrected chi connectivity index (χ2v) is 12.1. The van der Waals surface area contributed by atoms with Crippen LogP contribution in [0.25, 0.3) is 10.9 Å². The number of likely N-dealkylation sites (tertiary alicyclic amines) is 1. The van der Waals surface area contributed by atoms with Crippen molar-refractivity contribution in [1.82, 2.24) is 9.47 Å². The molecule has 6 aliphatic rings. The number of benzene rings is 2. The molecule has 1 aromatic heterocycles. The maximum atomic E-state index is 14.9. The molecule has 1 saturated heterocycles. The van der Waals surface area contributed by atoms with Gasteiger partial charge in [-0.05, 0) is 67.5 Å². The van der Waals surface area contributed by atoms with Gasteiger partial charge in [0, 0.05) is 48.5 Å². The Labute approximate surface area is 214 Å². The van der Waals surface area contributed by atoms with E-state index in [9.17, 15) is 14.3 Å². The zero-order valence-electron chi connectivity index (χ0n) is 20.8. The molecule has 9 rings (SSSR count). The minimum absolute atomic E-state index is 0.0185. The molecule has 6 nitrogen and oxygen atoms in total. The number of nitrogens with zero attached hydrogens (tertiary/aromatic N) is 2. The fraction of sp³-hybridized carbons (Fsp3) is 0.500. The van der Waals surface area contributed by atoms with Crippen LogP contribution in [0.4, 0.5) is 4.39 Å². The quantitative estimate of drug-likeness (QED) is 0.588. The van der Waals surface area contributed by atoms with Crippen LogP contribution >= 0.6 is 0 Å². The molecule has 1 saturated carbocycles. The molecular formula is C30H29FN2O4. The van der Waals surface area contributed by atoms with Crippen molar-refractivity contribution in [3.05, 3.63) is 58.0 Å². The molecule has 3 aliphatic carbocycles. The van der Waals surface area contributed by atoms with Crippen molar-refractivity contribution in [3.8, 4) is 11.5 Å². The third-order valence-electron chi connectivity index (χ3n) is 10.5. The van der Waals surface area contributed by atoms with Gasteiger partial charge in [-0.2, -0.15) is 0 Å². The molecule has 0 unspecified atom stereocenters. The smallest absolute Gasteiger partial charge is 0.166 e. The number of methoxy groups -OCH3 is 1. The monoisotopic (exact) mass is 500 g/mol.